The van der Waals surface area contributed by atoms with Crippen molar-refractivity contribution in [2.75, 3.05) is 13.2 Å². The fourth-order valence-electron chi connectivity index (χ4n) is 1.97. The number of rotatable bonds is 9. The summed E-state index contributed by atoms with van der Waals surface area (Å²) in [4.78, 5) is 12.0. The van der Waals surface area contributed by atoms with E-state index in [4.69, 9.17) is 9.47 Å². The Morgan fingerprint density at radius 1 is 1.24 bits per heavy atom. The molecule has 21 heavy (non-hydrogen) atoms. The van der Waals surface area contributed by atoms with Crippen molar-refractivity contribution in [3.63, 3.8) is 0 Å². The predicted molar refractivity (Wildman–Crippen MR) is 74.0 cm³/mol. The Morgan fingerprint density at radius 2 is 1.81 bits per heavy atom. The minimum Gasteiger partial charge on any atom is -0.465 e. The molecule has 0 fully saturated rings. The van der Waals surface area contributed by atoms with Crippen LogP contribution in [-0.4, -0.2) is 43.0 Å². The Labute approximate surface area is 124 Å². The number of nitrogens with one attached hydrogen (secondary N) is 1. The van der Waals surface area contributed by atoms with Crippen LogP contribution in [0.1, 0.15) is 47.5 Å². The van der Waals surface area contributed by atoms with Crippen LogP contribution in [-0.2, 0) is 14.3 Å². The first-order valence-corrected chi connectivity index (χ1v) is 7.21. The number of esters is 1. The zero-order valence-electron chi connectivity index (χ0n) is 13.3. The Bertz CT molecular complexity index is 323. The van der Waals surface area contributed by atoms with Crippen molar-refractivity contribution in [2.45, 2.75) is 71.4 Å². The Kier molecular flexibility index (Phi) is 8.25. The van der Waals surface area contributed by atoms with Crippen LogP contribution in [0.2, 0.25) is 0 Å². The summed E-state index contributed by atoms with van der Waals surface area (Å²) >= 11 is 0. The van der Waals surface area contributed by atoms with E-state index in [0.717, 1.165) is 13.3 Å². The molecule has 1 N–H and O–H groups in total. The molecule has 0 aliphatic rings. The average Bonchev–Trinajstić information content (AvgIpc) is 2.35. The lowest BCUT2D eigenvalue weighted by Crippen LogP contribution is -2.53. The van der Waals surface area contributed by atoms with Crippen molar-refractivity contribution < 1.29 is 27.4 Å². The number of carbonyl (C=O) groups excluding carboxylic acids is 1. The minimum absolute atomic E-state index is 0.103. The van der Waals surface area contributed by atoms with E-state index in [9.17, 15) is 18.0 Å². The van der Waals surface area contributed by atoms with Crippen LogP contribution in [0.4, 0.5) is 13.2 Å². The lowest BCUT2D eigenvalue weighted by Gasteiger charge is -2.32. The summed E-state index contributed by atoms with van der Waals surface area (Å²) in [5.74, 6) is -0.478. The number of ether oxygens (including phenoxy) is 2. The van der Waals surface area contributed by atoms with Crippen molar-refractivity contribution in [3.8, 4) is 0 Å². The topological polar surface area (TPSA) is 47.6 Å². The SMILES string of the molecule is CCCNC(C)(CC(C)OC(C)C(F)(F)F)C(=O)OCC. The molecule has 4 nitrogen and oxygen atoms in total. The molecule has 0 aliphatic carbocycles. The standard InChI is InChI=1S/C14H26F3NO3/c1-6-8-18-13(5,12(19)20-7-2)9-10(3)21-11(4)14(15,16)17/h10-11,18H,6-9H2,1-5H3. The molecule has 0 heterocycles. The molecule has 0 spiro atoms. The Balaban J connectivity index is 4.76. The van der Waals surface area contributed by atoms with Crippen molar-refractivity contribution in [3.05, 3.63) is 0 Å². The summed E-state index contributed by atoms with van der Waals surface area (Å²) in [6, 6.07) is 0. The van der Waals surface area contributed by atoms with Gasteiger partial charge in [0.2, 0.25) is 0 Å². The third-order valence-electron chi connectivity index (χ3n) is 3.08. The van der Waals surface area contributed by atoms with Gasteiger partial charge < -0.3 is 14.8 Å². The minimum atomic E-state index is -4.41. The van der Waals surface area contributed by atoms with Gasteiger partial charge in [-0.2, -0.15) is 13.2 Å². The molecule has 126 valence electrons. The maximum Gasteiger partial charge on any atom is 0.414 e. The van der Waals surface area contributed by atoms with Crippen LogP contribution in [0.5, 0.6) is 0 Å². The normalized spacial score (nSPS) is 17.9. The van der Waals surface area contributed by atoms with Gasteiger partial charge in [-0.1, -0.05) is 6.92 Å². The van der Waals surface area contributed by atoms with Crippen molar-refractivity contribution in [1.82, 2.24) is 5.32 Å². The van der Waals surface area contributed by atoms with Gasteiger partial charge in [0, 0.05) is 6.42 Å². The van der Waals surface area contributed by atoms with Gasteiger partial charge in [0.05, 0.1) is 12.7 Å². The summed E-state index contributed by atoms with van der Waals surface area (Å²) in [5, 5.41) is 3.04. The van der Waals surface area contributed by atoms with Gasteiger partial charge in [-0.25, -0.2) is 0 Å². The lowest BCUT2D eigenvalue weighted by atomic mass is 9.94. The maximum absolute atomic E-state index is 12.5. The van der Waals surface area contributed by atoms with Gasteiger partial charge in [-0.05, 0) is 40.7 Å². The van der Waals surface area contributed by atoms with E-state index >= 15 is 0 Å². The van der Waals surface area contributed by atoms with Crippen LogP contribution in [0.15, 0.2) is 0 Å². The van der Waals surface area contributed by atoms with Crippen molar-refractivity contribution >= 4 is 5.97 Å². The van der Waals surface area contributed by atoms with Gasteiger partial charge in [0.1, 0.15) is 5.54 Å². The fourth-order valence-corrected chi connectivity index (χ4v) is 1.97. The second kappa shape index (κ2) is 8.58. The van der Waals surface area contributed by atoms with E-state index in [0.29, 0.717) is 6.54 Å². The third-order valence-corrected chi connectivity index (χ3v) is 3.08. The molecular weight excluding hydrogens is 287 g/mol. The highest BCUT2D eigenvalue weighted by Crippen LogP contribution is 2.26. The number of hydrogen-bond acceptors (Lipinski definition) is 4. The lowest BCUT2D eigenvalue weighted by molar-refractivity contribution is -0.226. The summed E-state index contributed by atoms with van der Waals surface area (Å²) in [6.45, 7) is 8.51. The zero-order valence-corrected chi connectivity index (χ0v) is 13.3. The molecule has 3 atom stereocenters. The van der Waals surface area contributed by atoms with Gasteiger partial charge in [0.25, 0.3) is 0 Å². The zero-order chi connectivity index (χ0) is 16.7. The van der Waals surface area contributed by atoms with Crippen molar-refractivity contribution in [2.24, 2.45) is 0 Å². The first-order valence-electron chi connectivity index (χ1n) is 7.21. The summed E-state index contributed by atoms with van der Waals surface area (Å²) in [6.07, 6.45) is -6.12. The summed E-state index contributed by atoms with van der Waals surface area (Å²) < 4.78 is 47.4. The summed E-state index contributed by atoms with van der Waals surface area (Å²) in [5.41, 5.74) is -1.06. The smallest absolute Gasteiger partial charge is 0.414 e. The van der Waals surface area contributed by atoms with Crippen LogP contribution in [0.25, 0.3) is 0 Å². The molecule has 0 saturated carbocycles. The highest BCUT2D eigenvalue weighted by Gasteiger charge is 2.41. The van der Waals surface area contributed by atoms with Crippen LogP contribution in [0, 0.1) is 0 Å². The van der Waals surface area contributed by atoms with Gasteiger partial charge in [0.15, 0.2) is 6.10 Å². The molecule has 7 heteroatoms. The quantitative estimate of drug-likeness (QED) is 0.665. The number of carbonyl (C=O) groups is 1. The fraction of sp³-hybridized carbons (Fsp3) is 0.929. The van der Waals surface area contributed by atoms with Gasteiger partial charge in [-0.3, -0.25) is 4.79 Å². The Morgan fingerprint density at radius 3 is 2.24 bits per heavy atom. The maximum atomic E-state index is 12.5. The second-order valence-electron chi connectivity index (χ2n) is 5.31. The highest BCUT2D eigenvalue weighted by atomic mass is 19.4. The average molecular weight is 313 g/mol. The molecule has 0 radical (unpaired) electrons. The highest BCUT2D eigenvalue weighted by molar-refractivity contribution is 5.80. The second-order valence-corrected chi connectivity index (χ2v) is 5.31. The van der Waals surface area contributed by atoms with E-state index < -0.39 is 29.9 Å². The van der Waals surface area contributed by atoms with Crippen LogP contribution < -0.4 is 5.32 Å². The van der Waals surface area contributed by atoms with E-state index in [2.05, 4.69) is 5.32 Å². The first-order chi connectivity index (χ1) is 9.56. The van der Waals surface area contributed by atoms with E-state index in [-0.39, 0.29) is 13.0 Å². The number of hydrogen-bond donors (Lipinski definition) is 1. The molecule has 0 aromatic heterocycles. The molecule has 0 aromatic carbocycles. The van der Waals surface area contributed by atoms with Gasteiger partial charge >= 0.3 is 12.1 Å². The first kappa shape index (κ1) is 20.2. The summed E-state index contributed by atoms with van der Waals surface area (Å²) in [7, 11) is 0. The van der Waals surface area contributed by atoms with E-state index in [1.165, 1.54) is 6.92 Å². The predicted octanol–water partition coefficient (Wildman–Crippen LogP) is 3.05. The van der Waals surface area contributed by atoms with Crippen LogP contribution in [0.3, 0.4) is 0 Å². The molecule has 0 rings (SSSR count). The molecule has 0 saturated heterocycles. The largest absolute Gasteiger partial charge is 0.465 e. The molecule has 0 aliphatic heterocycles. The monoisotopic (exact) mass is 313 g/mol. The Hall–Kier alpha value is -0.820. The van der Waals surface area contributed by atoms with E-state index in [1.54, 1.807) is 13.8 Å². The van der Waals surface area contributed by atoms with Crippen molar-refractivity contribution in [1.29, 1.82) is 0 Å². The van der Waals surface area contributed by atoms with Gasteiger partial charge in [-0.15, -0.1) is 0 Å². The van der Waals surface area contributed by atoms with E-state index in [1.807, 2.05) is 6.92 Å². The molecule has 0 bridgehead atoms. The molecule has 0 aromatic rings. The number of halogens is 3. The van der Waals surface area contributed by atoms with Crippen LogP contribution >= 0.6 is 0 Å². The molecular formula is C14H26F3NO3. The molecule has 0 amide bonds. The number of alkyl halides is 3. The molecule has 3 unspecified atom stereocenters. The third kappa shape index (κ3) is 7.13.